The van der Waals surface area contributed by atoms with Gasteiger partial charge in [-0.15, -0.1) is 0 Å². The maximum Gasteiger partial charge on any atom is 0.266 e. The smallest absolute Gasteiger partial charge is 0.266 e. The van der Waals surface area contributed by atoms with Crippen LogP contribution in [-0.2, 0) is 9.53 Å². The molecule has 5 rings (SSSR count). The van der Waals surface area contributed by atoms with Crippen molar-refractivity contribution in [1.82, 2.24) is 19.9 Å². The summed E-state index contributed by atoms with van der Waals surface area (Å²) in [4.78, 5) is 26.6. The monoisotopic (exact) mass is 520 g/mol. The number of ether oxygens (including phenoxy) is 1. The molecule has 0 atom stereocenters. The molecule has 1 amide bonds. The molecule has 8 nitrogen and oxygen atoms in total. The molecule has 2 aromatic heterocycles. The van der Waals surface area contributed by atoms with Crippen LogP contribution in [0, 0.1) is 0 Å². The lowest BCUT2D eigenvalue weighted by Crippen LogP contribution is -2.36. The molecule has 0 aliphatic carbocycles. The molecule has 0 unspecified atom stereocenters. The number of nitrogens with one attached hydrogen (secondary N) is 3. The minimum absolute atomic E-state index is 0.294. The molecule has 10 heteroatoms. The Morgan fingerprint density at radius 3 is 2.79 bits per heavy atom. The van der Waals surface area contributed by atoms with E-state index < -0.39 is 11.8 Å². The lowest BCUT2D eigenvalue weighted by molar-refractivity contribution is -0.112. The maximum absolute atomic E-state index is 14.3. The standard InChI is InChI=1S/C28H30F2N6O2/c29-28(30,10-3-4-12-36-13-15-38-16-14-36)11-9-26(37)33-21-7-8-24-22(18-21)27(32-19-31-24)35-25-17-20-5-1-2-6-23(20)34-25/h1-2,5-9,11,17-19,34H,3-4,10,12-16H2,(H,33,37)(H,31,32,35). The van der Waals surface area contributed by atoms with Gasteiger partial charge in [-0.3, -0.25) is 9.69 Å². The van der Waals surface area contributed by atoms with Crippen LogP contribution < -0.4 is 10.6 Å². The molecule has 0 saturated carbocycles. The van der Waals surface area contributed by atoms with Crippen molar-refractivity contribution in [3.63, 3.8) is 0 Å². The normalized spacial score (nSPS) is 14.9. The van der Waals surface area contributed by atoms with Crippen LogP contribution in [0.4, 0.5) is 26.1 Å². The predicted molar refractivity (Wildman–Crippen MR) is 145 cm³/mol. The van der Waals surface area contributed by atoms with Gasteiger partial charge in [0.1, 0.15) is 18.0 Å². The van der Waals surface area contributed by atoms with E-state index in [1.54, 1.807) is 18.2 Å². The second-order valence-electron chi connectivity index (χ2n) is 9.34. The summed E-state index contributed by atoms with van der Waals surface area (Å²) in [6.45, 7) is 3.86. The average Bonchev–Trinajstić information content (AvgIpc) is 3.33. The number of morpholine rings is 1. The Hall–Kier alpha value is -3.89. The number of unbranched alkanes of at least 4 members (excludes halogenated alkanes) is 1. The van der Waals surface area contributed by atoms with Crippen LogP contribution in [0.3, 0.4) is 0 Å². The SMILES string of the molecule is O=C(C=CC(F)(F)CCCCN1CCOCC1)Nc1ccc2ncnc(Nc3cc4ccccc4[nH]3)c2c1. The molecule has 0 radical (unpaired) electrons. The number of benzene rings is 2. The Kier molecular flexibility index (Phi) is 7.90. The third-order valence-corrected chi connectivity index (χ3v) is 6.50. The molecule has 3 heterocycles. The van der Waals surface area contributed by atoms with Crippen LogP contribution in [0.2, 0.25) is 0 Å². The first-order chi connectivity index (χ1) is 18.4. The number of carbonyl (C=O) groups is 1. The Bertz CT molecular complexity index is 1400. The number of hydrogen-bond donors (Lipinski definition) is 3. The summed E-state index contributed by atoms with van der Waals surface area (Å²) in [7, 11) is 0. The summed E-state index contributed by atoms with van der Waals surface area (Å²) in [5.74, 6) is -2.36. The highest BCUT2D eigenvalue weighted by molar-refractivity contribution is 6.02. The van der Waals surface area contributed by atoms with Crippen LogP contribution >= 0.6 is 0 Å². The number of anilines is 3. The number of aromatic amines is 1. The third-order valence-electron chi connectivity index (χ3n) is 6.50. The van der Waals surface area contributed by atoms with E-state index in [1.807, 2.05) is 30.3 Å². The van der Waals surface area contributed by atoms with Crippen LogP contribution in [-0.4, -0.2) is 64.5 Å². The third kappa shape index (κ3) is 6.70. The second-order valence-corrected chi connectivity index (χ2v) is 9.34. The van der Waals surface area contributed by atoms with Gasteiger partial charge >= 0.3 is 0 Å². The van der Waals surface area contributed by atoms with Gasteiger partial charge in [-0.25, -0.2) is 18.7 Å². The number of halogens is 2. The van der Waals surface area contributed by atoms with Gasteiger partial charge in [-0.1, -0.05) is 18.2 Å². The minimum atomic E-state index is -3.05. The lowest BCUT2D eigenvalue weighted by atomic mass is 10.1. The number of hydrogen-bond acceptors (Lipinski definition) is 6. The van der Waals surface area contributed by atoms with Gasteiger partial charge in [0, 0.05) is 47.6 Å². The summed E-state index contributed by atoms with van der Waals surface area (Å²) in [5.41, 5.74) is 2.12. The Balaban J connectivity index is 1.19. The first kappa shape index (κ1) is 25.7. The van der Waals surface area contributed by atoms with Crippen molar-refractivity contribution in [3.05, 3.63) is 67.0 Å². The van der Waals surface area contributed by atoms with E-state index in [1.165, 1.54) is 6.33 Å². The fraction of sp³-hybridized carbons (Fsp3) is 0.321. The van der Waals surface area contributed by atoms with Gasteiger partial charge in [0.05, 0.1) is 18.7 Å². The highest BCUT2D eigenvalue weighted by Crippen LogP contribution is 2.28. The largest absolute Gasteiger partial charge is 0.379 e. The molecule has 0 spiro atoms. The summed E-state index contributed by atoms with van der Waals surface area (Å²) >= 11 is 0. The van der Waals surface area contributed by atoms with Crippen molar-refractivity contribution < 1.29 is 18.3 Å². The lowest BCUT2D eigenvalue weighted by Gasteiger charge is -2.26. The van der Waals surface area contributed by atoms with Gasteiger partial charge in [-0.05, 0) is 55.8 Å². The van der Waals surface area contributed by atoms with Crippen LogP contribution in [0.1, 0.15) is 19.3 Å². The minimum Gasteiger partial charge on any atom is -0.379 e. The first-order valence-electron chi connectivity index (χ1n) is 12.7. The van der Waals surface area contributed by atoms with E-state index >= 15 is 0 Å². The average molecular weight is 521 g/mol. The van der Waals surface area contributed by atoms with E-state index in [2.05, 4.69) is 30.5 Å². The molecular weight excluding hydrogens is 490 g/mol. The van der Waals surface area contributed by atoms with Gasteiger partial charge in [-0.2, -0.15) is 0 Å². The highest BCUT2D eigenvalue weighted by atomic mass is 19.3. The molecule has 3 N–H and O–H groups in total. The van der Waals surface area contributed by atoms with Gasteiger partial charge in [0.15, 0.2) is 0 Å². The zero-order chi connectivity index (χ0) is 26.4. The van der Waals surface area contributed by atoms with Gasteiger partial charge < -0.3 is 20.4 Å². The number of alkyl halides is 2. The number of aromatic nitrogens is 3. The van der Waals surface area contributed by atoms with E-state index in [9.17, 15) is 13.6 Å². The van der Waals surface area contributed by atoms with Crippen molar-refractivity contribution in [3.8, 4) is 0 Å². The molecule has 1 saturated heterocycles. The Morgan fingerprint density at radius 1 is 1.11 bits per heavy atom. The topological polar surface area (TPSA) is 95.2 Å². The summed E-state index contributed by atoms with van der Waals surface area (Å²) < 4.78 is 33.9. The molecular formula is C28H30F2N6O2. The Morgan fingerprint density at radius 2 is 1.95 bits per heavy atom. The number of amides is 1. The molecule has 198 valence electrons. The van der Waals surface area contributed by atoms with Crippen molar-refractivity contribution in [2.24, 2.45) is 0 Å². The molecule has 1 fully saturated rings. The number of para-hydroxylation sites is 1. The Labute approximate surface area is 219 Å². The van der Waals surface area contributed by atoms with Crippen LogP contribution in [0.15, 0.2) is 67.0 Å². The van der Waals surface area contributed by atoms with E-state index in [0.717, 1.165) is 42.4 Å². The van der Waals surface area contributed by atoms with Crippen LogP contribution in [0.25, 0.3) is 21.8 Å². The summed E-state index contributed by atoms with van der Waals surface area (Å²) in [6, 6.07) is 15.0. The van der Waals surface area contributed by atoms with Crippen molar-refractivity contribution in [1.29, 1.82) is 0 Å². The second kappa shape index (κ2) is 11.7. The van der Waals surface area contributed by atoms with Crippen molar-refractivity contribution >= 4 is 45.0 Å². The zero-order valence-electron chi connectivity index (χ0n) is 20.9. The fourth-order valence-electron chi connectivity index (χ4n) is 4.49. The number of H-pyrrole nitrogens is 1. The van der Waals surface area contributed by atoms with Crippen LogP contribution in [0.5, 0.6) is 0 Å². The fourth-order valence-corrected chi connectivity index (χ4v) is 4.49. The van der Waals surface area contributed by atoms with Crippen molar-refractivity contribution in [2.75, 3.05) is 43.5 Å². The predicted octanol–water partition coefficient (Wildman–Crippen LogP) is 5.49. The summed E-state index contributed by atoms with van der Waals surface area (Å²) in [5, 5.41) is 7.66. The molecule has 1 aliphatic rings. The molecule has 38 heavy (non-hydrogen) atoms. The first-order valence-corrected chi connectivity index (χ1v) is 12.7. The molecule has 2 aromatic carbocycles. The number of carbonyl (C=O) groups excluding carboxylic acids is 1. The number of rotatable bonds is 10. The molecule has 0 bridgehead atoms. The quantitative estimate of drug-likeness (QED) is 0.189. The number of fused-ring (bicyclic) bond motifs is 2. The maximum atomic E-state index is 14.3. The summed E-state index contributed by atoms with van der Waals surface area (Å²) in [6.07, 6.45) is 3.81. The highest BCUT2D eigenvalue weighted by Gasteiger charge is 2.25. The van der Waals surface area contributed by atoms with Gasteiger partial charge in [0.2, 0.25) is 5.91 Å². The molecule has 4 aromatic rings. The molecule has 1 aliphatic heterocycles. The van der Waals surface area contributed by atoms with Gasteiger partial charge in [0.25, 0.3) is 5.92 Å². The number of allylic oxidation sites excluding steroid dienone is 1. The number of nitrogens with zero attached hydrogens (tertiary/aromatic N) is 3. The van der Waals surface area contributed by atoms with E-state index in [0.29, 0.717) is 54.5 Å². The van der Waals surface area contributed by atoms with E-state index in [4.69, 9.17) is 4.74 Å². The van der Waals surface area contributed by atoms with E-state index in [-0.39, 0.29) is 6.42 Å². The zero-order valence-corrected chi connectivity index (χ0v) is 20.9. The van der Waals surface area contributed by atoms with Crippen molar-refractivity contribution in [2.45, 2.75) is 25.2 Å².